The quantitative estimate of drug-likeness (QED) is 0.834. The second-order valence-corrected chi connectivity index (χ2v) is 4.75. The molecule has 2 heterocycles. The van der Waals surface area contributed by atoms with E-state index in [1.807, 2.05) is 6.92 Å². The maximum Gasteiger partial charge on any atom is 0.195 e. The van der Waals surface area contributed by atoms with Crippen molar-refractivity contribution in [2.75, 3.05) is 0 Å². The summed E-state index contributed by atoms with van der Waals surface area (Å²) in [5, 5.41) is 9.07. The van der Waals surface area contributed by atoms with Gasteiger partial charge < -0.3 is 0 Å². The first-order chi connectivity index (χ1) is 7.24. The Kier molecular flexibility index (Phi) is 3.02. The van der Waals surface area contributed by atoms with E-state index in [4.69, 9.17) is 12.2 Å². The fourth-order valence-corrected chi connectivity index (χ4v) is 2.95. The van der Waals surface area contributed by atoms with E-state index in [9.17, 15) is 0 Å². The van der Waals surface area contributed by atoms with Crippen LogP contribution in [0.25, 0.3) is 0 Å². The van der Waals surface area contributed by atoms with E-state index >= 15 is 0 Å². The van der Waals surface area contributed by atoms with Crippen molar-refractivity contribution >= 4 is 23.6 Å². The Morgan fingerprint density at radius 2 is 2.47 bits per heavy atom. The molecule has 3 nitrogen and oxygen atoms in total. The van der Waals surface area contributed by atoms with Crippen molar-refractivity contribution in [3.63, 3.8) is 0 Å². The maximum atomic E-state index is 5.24. The first kappa shape index (κ1) is 10.6. The number of hydrogen-bond acceptors (Lipinski definition) is 3. The Bertz CT molecular complexity index is 481. The number of aromatic nitrogens is 3. The van der Waals surface area contributed by atoms with E-state index in [1.165, 1.54) is 4.88 Å². The van der Waals surface area contributed by atoms with Crippen LogP contribution in [0.15, 0.2) is 17.5 Å². The topological polar surface area (TPSA) is 33.6 Å². The molecule has 0 radical (unpaired) electrons. The zero-order valence-corrected chi connectivity index (χ0v) is 10.4. The van der Waals surface area contributed by atoms with Gasteiger partial charge in [0.15, 0.2) is 4.77 Å². The molecular weight excluding hydrogens is 226 g/mol. The molecule has 2 rings (SSSR count). The first-order valence-corrected chi connectivity index (χ1v) is 6.19. The summed E-state index contributed by atoms with van der Waals surface area (Å²) in [6.07, 6.45) is 1.02. The average molecular weight is 239 g/mol. The Morgan fingerprint density at radius 3 is 2.93 bits per heavy atom. The number of aromatic amines is 1. The van der Waals surface area contributed by atoms with Crippen LogP contribution in [0.4, 0.5) is 0 Å². The minimum absolute atomic E-state index is 0.316. The first-order valence-electron chi connectivity index (χ1n) is 4.91. The number of hydrogen-bond donors (Lipinski definition) is 1. The maximum absolute atomic E-state index is 5.24. The van der Waals surface area contributed by atoms with Gasteiger partial charge in [0, 0.05) is 4.88 Å². The highest BCUT2D eigenvalue weighted by Crippen LogP contribution is 2.26. The van der Waals surface area contributed by atoms with Gasteiger partial charge in [-0.3, -0.25) is 9.67 Å². The molecule has 0 fully saturated rings. The molecule has 2 aromatic heterocycles. The molecule has 1 unspecified atom stereocenters. The van der Waals surface area contributed by atoms with Crippen LogP contribution in [0, 0.1) is 11.7 Å². The van der Waals surface area contributed by atoms with Crippen molar-refractivity contribution in [2.45, 2.75) is 26.3 Å². The Labute approximate surface area is 97.8 Å². The lowest BCUT2D eigenvalue weighted by atomic mass is 10.2. The van der Waals surface area contributed by atoms with Gasteiger partial charge in [0.2, 0.25) is 0 Å². The number of nitrogens with one attached hydrogen (secondary N) is 1. The molecule has 0 saturated heterocycles. The summed E-state index contributed by atoms with van der Waals surface area (Å²) in [7, 11) is 0. The van der Waals surface area contributed by atoms with E-state index in [-0.39, 0.29) is 0 Å². The zero-order chi connectivity index (χ0) is 10.8. The third-order valence-corrected chi connectivity index (χ3v) is 3.71. The summed E-state index contributed by atoms with van der Waals surface area (Å²) in [5.74, 6) is 0.945. The normalized spacial score (nSPS) is 12.9. The molecule has 0 aromatic carbocycles. The van der Waals surface area contributed by atoms with Gasteiger partial charge in [-0.25, -0.2) is 0 Å². The van der Waals surface area contributed by atoms with E-state index < -0.39 is 0 Å². The second kappa shape index (κ2) is 4.28. The van der Waals surface area contributed by atoms with Crippen LogP contribution in [0.2, 0.25) is 0 Å². The van der Waals surface area contributed by atoms with Crippen molar-refractivity contribution in [1.29, 1.82) is 0 Å². The van der Waals surface area contributed by atoms with Crippen molar-refractivity contribution in [3.8, 4) is 0 Å². The van der Waals surface area contributed by atoms with E-state index in [0.29, 0.717) is 10.8 Å². The molecule has 0 amide bonds. The largest absolute Gasteiger partial charge is 0.296 e. The highest BCUT2D eigenvalue weighted by molar-refractivity contribution is 7.71. The van der Waals surface area contributed by atoms with Crippen molar-refractivity contribution in [2.24, 2.45) is 0 Å². The minimum Gasteiger partial charge on any atom is -0.296 e. The highest BCUT2D eigenvalue weighted by atomic mass is 32.1. The van der Waals surface area contributed by atoms with Gasteiger partial charge in [0.25, 0.3) is 0 Å². The van der Waals surface area contributed by atoms with Crippen molar-refractivity contribution in [3.05, 3.63) is 33.0 Å². The van der Waals surface area contributed by atoms with Crippen molar-refractivity contribution in [1.82, 2.24) is 14.8 Å². The van der Waals surface area contributed by atoms with Gasteiger partial charge in [-0.1, -0.05) is 13.0 Å². The number of H-pyrrole nitrogens is 1. The molecule has 5 heteroatoms. The van der Waals surface area contributed by atoms with E-state index in [2.05, 4.69) is 39.2 Å². The fraction of sp³-hybridized carbons (Fsp3) is 0.400. The van der Waals surface area contributed by atoms with Gasteiger partial charge in [0.1, 0.15) is 5.82 Å². The van der Waals surface area contributed by atoms with Crippen LogP contribution in [0.5, 0.6) is 0 Å². The predicted octanol–water partition coefficient (Wildman–Crippen LogP) is 3.31. The summed E-state index contributed by atoms with van der Waals surface area (Å²) in [6.45, 7) is 4.14. The Morgan fingerprint density at radius 1 is 1.67 bits per heavy atom. The summed E-state index contributed by atoms with van der Waals surface area (Å²) in [4.78, 5) is 1.33. The van der Waals surface area contributed by atoms with Gasteiger partial charge in [-0.2, -0.15) is 5.10 Å². The zero-order valence-electron chi connectivity index (χ0n) is 8.73. The average Bonchev–Trinajstić information content (AvgIpc) is 2.83. The smallest absolute Gasteiger partial charge is 0.195 e. The molecule has 0 saturated carbocycles. The summed E-state index contributed by atoms with van der Waals surface area (Å²) < 4.78 is 2.79. The molecular formula is C10H13N3S2. The van der Waals surface area contributed by atoms with Crippen LogP contribution in [0.3, 0.4) is 0 Å². The molecule has 0 aliphatic carbocycles. The molecule has 15 heavy (non-hydrogen) atoms. The monoisotopic (exact) mass is 239 g/mol. The van der Waals surface area contributed by atoms with Crippen LogP contribution in [-0.2, 0) is 0 Å². The van der Waals surface area contributed by atoms with Gasteiger partial charge in [-0.15, -0.1) is 11.3 Å². The lowest BCUT2D eigenvalue weighted by Crippen LogP contribution is -2.10. The van der Waals surface area contributed by atoms with Crippen LogP contribution >= 0.6 is 23.6 Å². The second-order valence-electron chi connectivity index (χ2n) is 3.39. The van der Waals surface area contributed by atoms with Gasteiger partial charge in [-0.05, 0) is 37.0 Å². The van der Waals surface area contributed by atoms with E-state index in [0.717, 1.165) is 12.2 Å². The van der Waals surface area contributed by atoms with Gasteiger partial charge in [0.05, 0.1) is 6.04 Å². The number of thiophene rings is 1. The SMILES string of the molecule is CCC(c1cccs1)n1c(C)n[nH]c1=S. The third-order valence-electron chi connectivity index (χ3n) is 2.45. The minimum atomic E-state index is 0.316. The highest BCUT2D eigenvalue weighted by Gasteiger charge is 2.15. The van der Waals surface area contributed by atoms with Crippen LogP contribution in [-0.4, -0.2) is 14.8 Å². The predicted molar refractivity (Wildman–Crippen MR) is 64.9 cm³/mol. The number of rotatable bonds is 3. The molecule has 1 atom stereocenters. The molecule has 0 spiro atoms. The van der Waals surface area contributed by atoms with Crippen LogP contribution in [0.1, 0.15) is 30.1 Å². The summed E-state index contributed by atoms with van der Waals surface area (Å²) in [6, 6.07) is 4.53. The number of aryl methyl sites for hydroxylation is 1. The lowest BCUT2D eigenvalue weighted by molar-refractivity contribution is 0.554. The molecule has 0 aliphatic heterocycles. The standard InChI is InChI=1S/C10H13N3S2/c1-3-8(9-5-4-6-15-9)13-7(2)11-12-10(13)14/h4-6,8H,3H2,1-2H3,(H,12,14). The van der Waals surface area contributed by atoms with E-state index in [1.54, 1.807) is 11.3 Å². The third kappa shape index (κ3) is 1.89. The fourth-order valence-electron chi connectivity index (χ4n) is 1.74. The lowest BCUT2D eigenvalue weighted by Gasteiger charge is -2.15. The summed E-state index contributed by atoms with van der Waals surface area (Å²) in [5.41, 5.74) is 0. The van der Waals surface area contributed by atoms with Gasteiger partial charge >= 0.3 is 0 Å². The summed E-state index contributed by atoms with van der Waals surface area (Å²) >= 11 is 7.00. The Balaban J connectivity index is 2.48. The molecule has 0 bridgehead atoms. The number of nitrogens with zero attached hydrogens (tertiary/aromatic N) is 2. The van der Waals surface area contributed by atoms with Crippen molar-refractivity contribution < 1.29 is 0 Å². The Hall–Kier alpha value is -0.940. The van der Waals surface area contributed by atoms with Crippen LogP contribution < -0.4 is 0 Å². The molecule has 2 aromatic rings. The molecule has 80 valence electrons. The molecule has 1 N–H and O–H groups in total. The molecule has 0 aliphatic rings.